The second kappa shape index (κ2) is 6.01. The molecular formula is C16H20N2O2. The van der Waals surface area contributed by atoms with Gasteiger partial charge in [0.15, 0.2) is 0 Å². The quantitative estimate of drug-likeness (QED) is 0.929. The Bertz CT molecular complexity index is 638. The molecule has 106 valence electrons. The zero-order valence-electron chi connectivity index (χ0n) is 12.2. The third-order valence-corrected chi connectivity index (χ3v) is 3.43. The van der Waals surface area contributed by atoms with Gasteiger partial charge in [-0.25, -0.2) is 0 Å². The zero-order valence-corrected chi connectivity index (χ0v) is 12.2. The number of aliphatic hydroxyl groups excluding tert-OH is 1. The molecule has 4 nitrogen and oxygen atoms in total. The fourth-order valence-corrected chi connectivity index (χ4v) is 2.28. The van der Waals surface area contributed by atoms with Crippen LogP contribution in [0.5, 0.6) is 0 Å². The summed E-state index contributed by atoms with van der Waals surface area (Å²) < 4.78 is 0. The minimum Gasteiger partial charge on any atom is -0.395 e. The van der Waals surface area contributed by atoms with E-state index in [9.17, 15) is 4.79 Å². The van der Waals surface area contributed by atoms with E-state index in [4.69, 9.17) is 5.11 Å². The minimum absolute atomic E-state index is 0.0289. The Hall–Kier alpha value is -1.94. The lowest BCUT2D eigenvalue weighted by molar-refractivity contribution is 0.0731. The van der Waals surface area contributed by atoms with E-state index in [0.717, 1.165) is 22.2 Å². The highest BCUT2D eigenvalue weighted by Crippen LogP contribution is 2.19. The highest BCUT2D eigenvalue weighted by Gasteiger charge is 2.17. The van der Waals surface area contributed by atoms with Gasteiger partial charge in [-0.3, -0.25) is 9.78 Å². The van der Waals surface area contributed by atoms with Gasteiger partial charge in [-0.2, -0.15) is 0 Å². The number of rotatable bonds is 4. The number of likely N-dealkylation sites (N-methyl/N-ethyl adjacent to an activating group) is 1. The summed E-state index contributed by atoms with van der Waals surface area (Å²) in [6.07, 6.45) is 0. The van der Waals surface area contributed by atoms with Crippen LogP contribution in [0.15, 0.2) is 24.3 Å². The first-order chi connectivity index (χ1) is 9.56. The number of hydrogen-bond acceptors (Lipinski definition) is 3. The average Bonchev–Trinajstić information content (AvgIpc) is 2.43. The Morgan fingerprint density at radius 2 is 2.05 bits per heavy atom. The van der Waals surface area contributed by atoms with E-state index in [-0.39, 0.29) is 12.5 Å². The molecule has 0 radical (unpaired) electrons. The van der Waals surface area contributed by atoms with Gasteiger partial charge in [0.05, 0.1) is 23.4 Å². The van der Waals surface area contributed by atoms with Crippen molar-refractivity contribution in [3.8, 4) is 0 Å². The van der Waals surface area contributed by atoms with Crippen LogP contribution in [0.3, 0.4) is 0 Å². The SMILES string of the molecule is CCN(CCO)C(=O)c1cc2ccc(C)cc2nc1C. The van der Waals surface area contributed by atoms with E-state index in [1.54, 1.807) is 4.90 Å². The Balaban J connectivity index is 2.46. The van der Waals surface area contributed by atoms with Gasteiger partial charge in [0, 0.05) is 18.5 Å². The van der Waals surface area contributed by atoms with Crippen molar-refractivity contribution in [2.45, 2.75) is 20.8 Å². The summed E-state index contributed by atoms with van der Waals surface area (Å²) in [5.74, 6) is -0.0750. The Morgan fingerprint density at radius 3 is 2.70 bits per heavy atom. The molecule has 1 N–H and O–H groups in total. The monoisotopic (exact) mass is 272 g/mol. The topological polar surface area (TPSA) is 53.4 Å². The van der Waals surface area contributed by atoms with Crippen molar-refractivity contribution in [3.63, 3.8) is 0 Å². The van der Waals surface area contributed by atoms with Crippen LogP contribution in [0.4, 0.5) is 0 Å². The number of benzene rings is 1. The molecule has 1 aromatic carbocycles. The molecule has 0 aliphatic carbocycles. The molecule has 0 saturated carbocycles. The lowest BCUT2D eigenvalue weighted by Crippen LogP contribution is -2.33. The number of aromatic nitrogens is 1. The summed E-state index contributed by atoms with van der Waals surface area (Å²) >= 11 is 0. The van der Waals surface area contributed by atoms with Crippen molar-refractivity contribution in [3.05, 3.63) is 41.1 Å². The van der Waals surface area contributed by atoms with Gasteiger partial charge >= 0.3 is 0 Å². The number of fused-ring (bicyclic) bond motifs is 1. The van der Waals surface area contributed by atoms with E-state index in [1.807, 2.05) is 45.0 Å². The Kier molecular flexibility index (Phi) is 4.35. The molecule has 1 aromatic heterocycles. The normalized spacial score (nSPS) is 10.8. The van der Waals surface area contributed by atoms with E-state index in [0.29, 0.717) is 18.7 Å². The molecule has 1 heterocycles. The lowest BCUT2D eigenvalue weighted by atomic mass is 10.1. The van der Waals surface area contributed by atoms with E-state index >= 15 is 0 Å². The molecule has 0 aliphatic heterocycles. The molecule has 0 bridgehead atoms. The summed E-state index contributed by atoms with van der Waals surface area (Å²) in [6.45, 7) is 6.67. The smallest absolute Gasteiger partial charge is 0.255 e. The maximum absolute atomic E-state index is 12.5. The van der Waals surface area contributed by atoms with Crippen LogP contribution in [0.1, 0.15) is 28.5 Å². The molecule has 1 amide bonds. The molecule has 20 heavy (non-hydrogen) atoms. The second-order valence-electron chi connectivity index (χ2n) is 4.93. The van der Waals surface area contributed by atoms with Crippen LogP contribution in [-0.2, 0) is 0 Å². The molecule has 4 heteroatoms. The van der Waals surface area contributed by atoms with Gasteiger partial charge < -0.3 is 10.0 Å². The maximum Gasteiger partial charge on any atom is 0.255 e. The Labute approximate surface area is 119 Å². The van der Waals surface area contributed by atoms with Crippen molar-refractivity contribution in [1.29, 1.82) is 0 Å². The second-order valence-corrected chi connectivity index (χ2v) is 4.93. The summed E-state index contributed by atoms with van der Waals surface area (Å²) in [4.78, 5) is 18.6. The van der Waals surface area contributed by atoms with Gasteiger partial charge in [-0.1, -0.05) is 12.1 Å². The van der Waals surface area contributed by atoms with Gasteiger partial charge in [0.1, 0.15) is 0 Å². The zero-order chi connectivity index (χ0) is 14.7. The van der Waals surface area contributed by atoms with Crippen LogP contribution < -0.4 is 0 Å². The molecule has 0 unspecified atom stereocenters. The molecule has 2 rings (SSSR count). The number of carbonyl (C=O) groups is 1. The maximum atomic E-state index is 12.5. The highest BCUT2D eigenvalue weighted by molar-refractivity contribution is 5.98. The molecule has 0 fully saturated rings. The van der Waals surface area contributed by atoms with Crippen LogP contribution >= 0.6 is 0 Å². The van der Waals surface area contributed by atoms with Gasteiger partial charge in [-0.15, -0.1) is 0 Å². The van der Waals surface area contributed by atoms with Crippen molar-refractivity contribution in [1.82, 2.24) is 9.88 Å². The van der Waals surface area contributed by atoms with E-state index < -0.39 is 0 Å². The first kappa shape index (κ1) is 14.5. The molecule has 2 aromatic rings. The van der Waals surface area contributed by atoms with E-state index in [2.05, 4.69) is 4.98 Å². The fourth-order valence-electron chi connectivity index (χ4n) is 2.28. The molecule has 0 atom stereocenters. The molecular weight excluding hydrogens is 252 g/mol. The van der Waals surface area contributed by atoms with Crippen LogP contribution in [0.2, 0.25) is 0 Å². The largest absolute Gasteiger partial charge is 0.395 e. The standard InChI is InChI=1S/C16H20N2O2/c1-4-18(7-8-19)16(20)14-10-13-6-5-11(2)9-15(13)17-12(14)3/h5-6,9-10,19H,4,7-8H2,1-3H3. The number of carbonyl (C=O) groups excluding carboxylic acids is 1. The highest BCUT2D eigenvalue weighted by atomic mass is 16.3. The first-order valence-electron chi connectivity index (χ1n) is 6.85. The van der Waals surface area contributed by atoms with E-state index in [1.165, 1.54) is 0 Å². The molecule has 0 aliphatic rings. The number of nitrogens with zero attached hydrogens (tertiary/aromatic N) is 2. The predicted molar refractivity (Wildman–Crippen MR) is 79.9 cm³/mol. The summed E-state index contributed by atoms with van der Waals surface area (Å²) in [5, 5.41) is 9.99. The predicted octanol–water partition coefficient (Wildman–Crippen LogP) is 2.31. The lowest BCUT2D eigenvalue weighted by Gasteiger charge is -2.20. The van der Waals surface area contributed by atoms with Crippen molar-refractivity contribution < 1.29 is 9.90 Å². The summed E-state index contributed by atoms with van der Waals surface area (Å²) in [7, 11) is 0. The Morgan fingerprint density at radius 1 is 1.30 bits per heavy atom. The van der Waals surface area contributed by atoms with Crippen LogP contribution in [0.25, 0.3) is 10.9 Å². The first-order valence-corrected chi connectivity index (χ1v) is 6.85. The molecule has 0 saturated heterocycles. The van der Waals surface area contributed by atoms with Gasteiger partial charge in [0.25, 0.3) is 5.91 Å². The average molecular weight is 272 g/mol. The third-order valence-electron chi connectivity index (χ3n) is 3.43. The minimum atomic E-state index is -0.0750. The van der Waals surface area contributed by atoms with Crippen LogP contribution in [-0.4, -0.2) is 40.6 Å². The number of aryl methyl sites for hydroxylation is 2. The van der Waals surface area contributed by atoms with Crippen molar-refractivity contribution in [2.24, 2.45) is 0 Å². The number of pyridine rings is 1. The van der Waals surface area contributed by atoms with Crippen molar-refractivity contribution >= 4 is 16.8 Å². The number of amides is 1. The number of hydrogen-bond donors (Lipinski definition) is 1. The molecule has 0 spiro atoms. The van der Waals surface area contributed by atoms with Crippen LogP contribution in [0, 0.1) is 13.8 Å². The summed E-state index contributed by atoms with van der Waals surface area (Å²) in [6, 6.07) is 7.90. The van der Waals surface area contributed by atoms with Crippen molar-refractivity contribution in [2.75, 3.05) is 19.7 Å². The number of aliphatic hydroxyl groups is 1. The van der Waals surface area contributed by atoms with Gasteiger partial charge in [-0.05, 0) is 38.5 Å². The summed E-state index contributed by atoms with van der Waals surface area (Å²) in [5.41, 5.74) is 3.39. The van der Waals surface area contributed by atoms with Gasteiger partial charge in [0.2, 0.25) is 0 Å². The fraction of sp³-hybridized carbons (Fsp3) is 0.375. The third kappa shape index (κ3) is 2.80.